The SMILES string of the molecule is CCNc1cc([N+](=O)[O-])cc(NCc2cc(Br)cs2)n1. The van der Waals surface area contributed by atoms with Gasteiger partial charge in [0.2, 0.25) is 0 Å². The predicted molar refractivity (Wildman–Crippen MR) is 84.4 cm³/mol. The van der Waals surface area contributed by atoms with Gasteiger partial charge < -0.3 is 10.6 Å². The molecule has 6 nitrogen and oxygen atoms in total. The third kappa shape index (κ3) is 3.91. The van der Waals surface area contributed by atoms with Gasteiger partial charge in [-0.3, -0.25) is 10.1 Å². The third-order valence-corrected chi connectivity index (χ3v) is 4.14. The van der Waals surface area contributed by atoms with Crippen LogP contribution >= 0.6 is 27.3 Å². The van der Waals surface area contributed by atoms with Crippen molar-refractivity contribution in [3.63, 3.8) is 0 Å². The average molecular weight is 357 g/mol. The van der Waals surface area contributed by atoms with Crippen LogP contribution in [0.25, 0.3) is 0 Å². The molecule has 2 N–H and O–H groups in total. The molecule has 0 saturated heterocycles. The minimum atomic E-state index is -0.421. The molecule has 106 valence electrons. The van der Waals surface area contributed by atoms with E-state index >= 15 is 0 Å². The first kappa shape index (κ1) is 14.7. The number of thiophene rings is 1. The van der Waals surface area contributed by atoms with Crippen LogP contribution < -0.4 is 10.6 Å². The van der Waals surface area contributed by atoms with Gasteiger partial charge in [-0.1, -0.05) is 0 Å². The molecule has 0 bridgehead atoms. The fourth-order valence-corrected chi connectivity index (χ4v) is 3.00. The molecule has 0 unspecified atom stereocenters. The molecule has 0 amide bonds. The smallest absolute Gasteiger partial charge is 0.276 e. The molecule has 2 rings (SSSR count). The number of anilines is 2. The van der Waals surface area contributed by atoms with Gasteiger partial charge in [0.25, 0.3) is 5.69 Å². The van der Waals surface area contributed by atoms with Crippen LogP contribution in [0.15, 0.2) is 28.1 Å². The van der Waals surface area contributed by atoms with Crippen molar-refractivity contribution in [1.29, 1.82) is 0 Å². The summed E-state index contributed by atoms with van der Waals surface area (Å²) in [5, 5.41) is 19.0. The standard InChI is InChI=1S/C12H13BrN4O2S/c1-2-14-11-4-9(17(18)19)5-12(16-11)15-6-10-3-8(13)7-20-10/h3-5,7H,2,6H2,1H3,(H2,14,15,16). The van der Waals surface area contributed by atoms with Crippen molar-refractivity contribution in [3.8, 4) is 0 Å². The Morgan fingerprint density at radius 3 is 2.60 bits per heavy atom. The van der Waals surface area contributed by atoms with Gasteiger partial charge in [-0.2, -0.15) is 0 Å². The number of nitrogens with zero attached hydrogens (tertiary/aromatic N) is 2. The van der Waals surface area contributed by atoms with Crippen LogP contribution in [-0.4, -0.2) is 16.5 Å². The van der Waals surface area contributed by atoms with Crippen molar-refractivity contribution < 1.29 is 4.92 Å². The largest absolute Gasteiger partial charge is 0.370 e. The van der Waals surface area contributed by atoms with E-state index in [1.165, 1.54) is 12.1 Å². The number of nitro groups is 1. The van der Waals surface area contributed by atoms with Crippen LogP contribution in [0.5, 0.6) is 0 Å². The number of hydrogen-bond donors (Lipinski definition) is 2. The van der Waals surface area contributed by atoms with Crippen molar-refractivity contribution in [1.82, 2.24) is 4.98 Å². The molecule has 2 aromatic rings. The number of nitrogens with one attached hydrogen (secondary N) is 2. The topological polar surface area (TPSA) is 80.1 Å². The van der Waals surface area contributed by atoms with E-state index in [2.05, 4.69) is 31.5 Å². The Balaban J connectivity index is 2.15. The third-order valence-electron chi connectivity index (χ3n) is 2.44. The summed E-state index contributed by atoms with van der Waals surface area (Å²) in [4.78, 5) is 15.9. The molecule has 2 aromatic heterocycles. The molecule has 0 radical (unpaired) electrons. The Morgan fingerprint density at radius 1 is 1.35 bits per heavy atom. The number of rotatable bonds is 6. The minimum absolute atomic E-state index is 0.0193. The van der Waals surface area contributed by atoms with E-state index in [9.17, 15) is 10.1 Å². The van der Waals surface area contributed by atoms with Gasteiger partial charge in [0.1, 0.15) is 11.6 Å². The summed E-state index contributed by atoms with van der Waals surface area (Å²) < 4.78 is 1.03. The minimum Gasteiger partial charge on any atom is -0.370 e. The van der Waals surface area contributed by atoms with Crippen molar-refractivity contribution in [2.75, 3.05) is 17.2 Å². The lowest BCUT2D eigenvalue weighted by Gasteiger charge is -2.07. The predicted octanol–water partition coefficient (Wildman–Crippen LogP) is 3.86. The van der Waals surface area contributed by atoms with Gasteiger partial charge in [-0.25, -0.2) is 4.98 Å². The molecule has 0 aliphatic rings. The van der Waals surface area contributed by atoms with Crippen LogP contribution in [0.2, 0.25) is 0 Å². The summed E-state index contributed by atoms with van der Waals surface area (Å²) in [6.07, 6.45) is 0. The number of pyridine rings is 1. The normalized spacial score (nSPS) is 10.3. The maximum Gasteiger partial charge on any atom is 0.276 e. The highest BCUT2D eigenvalue weighted by molar-refractivity contribution is 9.10. The number of halogens is 1. The van der Waals surface area contributed by atoms with Crippen molar-refractivity contribution in [3.05, 3.63) is 43.0 Å². The molecular weight excluding hydrogens is 344 g/mol. The lowest BCUT2D eigenvalue weighted by atomic mass is 10.3. The summed E-state index contributed by atoms with van der Waals surface area (Å²) in [7, 11) is 0. The fourth-order valence-electron chi connectivity index (χ4n) is 1.61. The molecule has 0 spiro atoms. The summed E-state index contributed by atoms with van der Waals surface area (Å²) in [5.74, 6) is 0.983. The molecule has 0 atom stereocenters. The Labute approximate surface area is 128 Å². The zero-order valence-electron chi connectivity index (χ0n) is 10.7. The summed E-state index contributed by atoms with van der Waals surface area (Å²) in [6, 6.07) is 4.86. The molecule has 0 aromatic carbocycles. The van der Waals surface area contributed by atoms with Crippen molar-refractivity contribution >= 4 is 44.6 Å². The Morgan fingerprint density at radius 2 is 2.05 bits per heavy atom. The highest BCUT2D eigenvalue weighted by Crippen LogP contribution is 2.23. The second-order valence-electron chi connectivity index (χ2n) is 3.97. The second kappa shape index (κ2) is 6.67. The highest BCUT2D eigenvalue weighted by Gasteiger charge is 2.11. The fraction of sp³-hybridized carbons (Fsp3) is 0.250. The van der Waals surface area contributed by atoms with Crippen molar-refractivity contribution in [2.24, 2.45) is 0 Å². The quantitative estimate of drug-likeness (QED) is 0.606. The first-order valence-corrected chi connectivity index (χ1v) is 7.63. The van der Waals surface area contributed by atoms with E-state index in [-0.39, 0.29) is 5.69 Å². The van der Waals surface area contributed by atoms with E-state index in [1.807, 2.05) is 18.4 Å². The molecule has 2 heterocycles. The Hall–Kier alpha value is -1.67. The summed E-state index contributed by atoms with van der Waals surface area (Å²) >= 11 is 5.00. The van der Waals surface area contributed by atoms with Gasteiger partial charge in [0.05, 0.1) is 23.6 Å². The van der Waals surface area contributed by atoms with Crippen LogP contribution in [-0.2, 0) is 6.54 Å². The zero-order chi connectivity index (χ0) is 14.5. The number of hydrogen-bond acceptors (Lipinski definition) is 6. The second-order valence-corrected chi connectivity index (χ2v) is 5.88. The highest BCUT2D eigenvalue weighted by atomic mass is 79.9. The van der Waals surface area contributed by atoms with Crippen LogP contribution in [0.4, 0.5) is 17.3 Å². The molecule has 20 heavy (non-hydrogen) atoms. The summed E-state index contributed by atoms with van der Waals surface area (Å²) in [6.45, 7) is 3.15. The number of aromatic nitrogens is 1. The van der Waals surface area contributed by atoms with E-state index < -0.39 is 4.92 Å². The first-order valence-electron chi connectivity index (χ1n) is 5.95. The van der Waals surface area contributed by atoms with Crippen LogP contribution in [0.3, 0.4) is 0 Å². The molecule has 0 aliphatic carbocycles. The molecule has 0 aliphatic heterocycles. The van der Waals surface area contributed by atoms with Gasteiger partial charge in [-0.05, 0) is 28.9 Å². The van der Waals surface area contributed by atoms with E-state index in [0.29, 0.717) is 24.7 Å². The monoisotopic (exact) mass is 356 g/mol. The summed E-state index contributed by atoms with van der Waals surface area (Å²) in [5.41, 5.74) is 0.0193. The van der Waals surface area contributed by atoms with Gasteiger partial charge >= 0.3 is 0 Å². The lowest BCUT2D eigenvalue weighted by Crippen LogP contribution is -2.05. The maximum absolute atomic E-state index is 10.9. The van der Waals surface area contributed by atoms with Crippen LogP contribution in [0, 0.1) is 10.1 Å². The van der Waals surface area contributed by atoms with Gasteiger partial charge in [0, 0.05) is 21.3 Å². The average Bonchev–Trinajstić information content (AvgIpc) is 2.82. The maximum atomic E-state index is 10.9. The van der Waals surface area contributed by atoms with E-state index in [1.54, 1.807) is 11.3 Å². The van der Waals surface area contributed by atoms with E-state index in [0.717, 1.165) is 9.35 Å². The van der Waals surface area contributed by atoms with Gasteiger partial charge in [-0.15, -0.1) is 11.3 Å². The van der Waals surface area contributed by atoms with Crippen molar-refractivity contribution in [2.45, 2.75) is 13.5 Å². The Bertz CT molecular complexity index is 617. The lowest BCUT2D eigenvalue weighted by molar-refractivity contribution is -0.384. The molecule has 8 heteroatoms. The molecule has 0 fully saturated rings. The molecule has 0 saturated carbocycles. The Kier molecular flexibility index (Phi) is 4.91. The van der Waals surface area contributed by atoms with Crippen LogP contribution in [0.1, 0.15) is 11.8 Å². The molecular formula is C12H13BrN4O2S. The first-order chi connectivity index (χ1) is 9.58. The zero-order valence-corrected chi connectivity index (χ0v) is 13.1. The van der Waals surface area contributed by atoms with Gasteiger partial charge in [0.15, 0.2) is 0 Å². The van der Waals surface area contributed by atoms with E-state index in [4.69, 9.17) is 0 Å².